The molecule has 0 unspecified atom stereocenters. The maximum Gasteiger partial charge on any atom is 2.00 e. The first-order valence-corrected chi connectivity index (χ1v) is 1.67. The average molecular weight is 87.1 g/mol. The van der Waals surface area contributed by atoms with Crippen molar-refractivity contribution in [2.24, 2.45) is 0 Å². The largest absolute Gasteiger partial charge is 2.00 e. The molecular weight excluding hydrogens is 81.1 g/mol. The summed E-state index contributed by atoms with van der Waals surface area (Å²) in [6.45, 7) is 9.85. The molecule has 0 aliphatic rings. The molecule has 1 heteroatoms. The number of hydrogen-bond acceptors (Lipinski definition) is 0. The summed E-state index contributed by atoms with van der Waals surface area (Å²) in [5.41, 5.74) is 0. The zero-order chi connectivity index (χ0) is 4.83. The standard InChI is InChI=1S/C6H6.Be/c1-3-5-6-4-2;/h1-6H;/q-2;+2/b6-5-;. The van der Waals surface area contributed by atoms with E-state index in [1.54, 1.807) is 12.2 Å². The molecule has 0 aromatic heterocycles. The predicted molar refractivity (Wildman–Crippen MR) is 32.6 cm³/mol. The quantitative estimate of drug-likeness (QED) is 0.269. The summed E-state index contributed by atoms with van der Waals surface area (Å²) < 4.78 is 0. The summed E-state index contributed by atoms with van der Waals surface area (Å²) in [7, 11) is 0. The number of hydrogen-bond donors (Lipinski definition) is 0. The van der Waals surface area contributed by atoms with Gasteiger partial charge in [0.1, 0.15) is 0 Å². The Morgan fingerprint density at radius 1 is 0.857 bits per heavy atom. The van der Waals surface area contributed by atoms with Crippen molar-refractivity contribution in [3.05, 3.63) is 37.5 Å². The van der Waals surface area contributed by atoms with Gasteiger partial charge in [0.05, 0.1) is 0 Å². The monoisotopic (exact) mass is 87.1 g/mol. The topological polar surface area (TPSA) is 0 Å². The van der Waals surface area contributed by atoms with Gasteiger partial charge in [-0.15, -0.1) is 0 Å². The van der Waals surface area contributed by atoms with Gasteiger partial charge in [0.25, 0.3) is 0 Å². The molecule has 0 rings (SSSR count). The molecule has 0 nitrogen and oxygen atoms in total. The van der Waals surface area contributed by atoms with E-state index in [0.717, 1.165) is 0 Å². The van der Waals surface area contributed by atoms with Gasteiger partial charge in [0.2, 0.25) is 0 Å². The Balaban J connectivity index is 0. The number of rotatable bonds is 2. The molecule has 0 aliphatic heterocycles. The fraction of sp³-hybridized carbons (Fsp3) is 0. The van der Waals surface area contributed by atoms with Gasteiger partial charge in [-0.05, 0) is 0 Å². The van der Waals surface area contributed by atoms with E-state index < -0.39 is 0 Å². The second-order valence-electron chi connectivity index (χ2n) is 0.770. The van der Waals surface area contributed by atoms with E-state index in [4.69, 9.17) is 13.2 Å². The fourth-order valence-corrected chi connectivity index (χ4v) is 0.128. The van der Waals surface area contributed by atoms with E-state index >= 15 is 0 Å². The zero-order valence-corrected chi connectivity index (χ0v) is 4.17. The molecule has 0 aromatic rings. The van der Waals surface area contributed by atoms with Crippen molar-refractivity contribution < 1.29 is 0 Å². The summed E-state index contributed by atoms with van der Waals surface area (Å²) in [5.74, 6) is 0. The van der Waals surface area contributed by atoms with E-state index in [-0.39, 0.29) is 10.1 Å². The molecule has 0 saturated heterocycles. The predicted octanol–water partition coefficient (Wildman–Crippen LogP) is 1.14. The van der Waals surface area contributed by atoms with Gasteiger partial charge in [-0.1, -0.05) is 0 Å². The fourth-order valence-electron chi connectivity index (χ4n) is 0.128. The molecule has 0 radical (unpaired) electrons. The van der Waals surface area contributed by atoms with Gasteiger partial charge in [0, 0.05) is 0 Å². The maximum atomic E-state index is 4.93. The third-order valence-electron chi connectivity index (χ3n) is 0.333. The van der Waals surface area contributed by atoms with Crippen LogP contribution in [-0.2, 0) is 0 Å². The minimum atomic E-state index is 0. The molecule has 32 valence electrons. The third kappa shape index (κ3) is 10.8. The molecule has 0 heterocycles. The Labute approximate surface area is 48.5 Å². The Morgan fingerprint density at radius 2 is 1.14 bits per heavy atom. The molecular formula is C6H6Be. The van der Waals surface area contributed by atoms with Crippen molar-refractivity contribution >= 4 is 10.1 Å². The zero-order valence-electron chi connectivity index (χ0n) is 4.17. The van der Waals surface area contributed by atoms with Crippen molar-refractivity contribution in [1.82, 2.24) is 0 Å². The second-order valence-corrected chi connectivity index (χ2v) is 0.770. The van der Waals surface area contributed by atoms with E-state index in [0.29, 0.717) is 0 Å². The Bertz CT molecular complexity index is 62.2. The van der Waals surface area contributed by atoms with Crippen LogP contribution in [0.15, 0.2) is 24.3 Å². The van der Waals surface area contributed by atoms with Gasteiger partial charge in [-0.25, -0.2) is 0 Å². The summed E-state index contributed by atoms with van der Waals surface area (Å²) in [6.07, 6.45) is 6.15. The normalized spacial score (nSPS) is 7.43. The maximum absolute atomic E-state index is 4.93. The molecule has 0 atom stereocenters. The van der Waals surface area contributed by atoms with Crippen molar-refractivity contribution in [2.75, 3.05) is 0 Å². The van der Waals surface area contributed by atoms with E-state index in [1.807, 2.05) is 0 Å². The van der Waals surface area contributed by atoms with Gasteiger partial charge in [-0.3, -0.25) is 37.5 Å². The molecule has 0 aliphatic carbocycles. The van der Waals surface area contributed by atoms with Crippen LogP contribution in [0.5, 0.6) is 0 Å². The molecule has 0 fully saturated rings. The SMILES string of the molecule is [Be+2].[CH-]=C/C=C\C=[CH-]. The van der Waals surface area contributed by atoms with Gasteiger partial charge >= 0.3 is 10.1 Å². The van der Waals surface area contributed by atoms with Crippen molar-refractivity contribution in [1.29, 1.82) is 0 Å². The molecule has 0 bridgehead atoms. The van der Waals surface area contributed by atoms with Crippen LogP contribution >= 0.6 is 0 Å². The molecule has 0 spiro atoms. The van der Waals surface area contributed by atoms with Crippen LogP contribution in [0.25, 0.3) is 0 Å². The summed E-state index contributed by atoms with van der Waals surface area (Å²) in [5, 5.41) is 0. The first kappa shape index (κ1) is 9.63. The Hall–Kier alpha value is -0.611. The van der Waals surface area contributed by atoms with Crippen LogP contribution in [0.2, 0.25) is 0 Å². The smallest absolute Gasteiger partial charge is 0.294 e. The van der Waals surface area contributed by atoms with E-state index in [2.05, 4.69) is 0 Å². The minimum absolute atomic E-state index is 0. The van der Waals surface area contributed by atoms with Crippen molar-refractivity contribution in [2.45, 2.75) is 0 Å². The third-order valence-corrected chi connectivity index (χ3v) is 0.333. The van der Waals surface area contributed by atoms with Crippen LogP contribution in [0.3, 0.4) is 0 Å². The van der Waals surface area contributed by atoms with Crippen molar-refractivity contribution in [3.63, 3.8) is 0 Å². The van der Waals surface area contributed by atoms with Crippen LogP contribution in [0, 0.1) is 13.2 Å². The average Bonchev–Trinajstić information content (AvgIpc) is 1.61. The van der Waals surface area contributed by atoms with Crippen LogP contribution in [0.1, 0.15) is 0 Å². The molecule has 0 amide bonds. The summed E-state index contributed by atoms with van der Waals surface area (Å²) >= 11 is 0. The van der Waals surface area contributed by atoms with E-state index in [1.165, 1.54) is 12.2 Å². The Kier molecular flexibility index (Phi) is 12.4. The molecule has 0 N–H and O–H groups in total. The van der Waals surface area contributed by atoms with Crippen molar-refractivity contribution in [3.8, 4) is 0 Å². The van der Waals surface area contributed by atoms with E-state index in [9.17, 15) is 0 Å². The Morgan fingerprint density at radius 3 is 1.29 bits per heavy atom. The van der Waals surface area contributed by atoms with Crippen LogP contribution < -0.4 is 0 Å². The molecule has 0 aromatic carbocycles. The van der Waals surface area contributed by atoms with Crippen LogP contribution in [-0.4, -0.2) is 10.1 Å². The second kappa shape index (κ2) is 9.04. The molecule has 0 saturated carbocycles. The first-order chi connectivity index (χ1) is 2.91. The van der Waals surface area contributed by atoms with Gasteiger partial charge < -0.3 is 0 Å². The minimum Gasteiger partial charge on any atom is -0.294 e. The van der Waals surface area contributed by atoms with Crippen LogP contribution in [0.4, 0.5) is 0 Å². The van der Waals surface area contributed by atoms with Gasteiger partial charge in [-0.2, -0.15) is 0 Å². The summed E-state index contributed by atoms with van der Waals surface area (Å²) in [6, 6.07) is 0. The first-order valence-electron chi connectivity index (χ1n) is 1.67. The molecule has 7 heavy (non-hydrogen) atoms. The van der Waals surface area contributed by atoms with Gasteiger partial charge in [0.15, 0.2) is 0 Å². The number of allylic oxidation sites excluding steroid dienone is 4. The summed E-state index contributed by atoms with van der Waals surface area (Å²) in [4.78, 5) is 0.